The number of benzene rings is 1. The predicted molar refractivity (Wildman–Crippen MR) is 82.1 cm³/mol. The number of para-hydroxylation sites is 1. The Labute approximate surface area is 123 Å². The molecule has 2 fully saturated rings. The molecule has 2 unspecified atom stereocenters. The van der Waals surface area contributed by atoms with Gasteiger partial charge in [-0.15, -0.1) is 11.3 Å². The SMILES string of the molecule is OC1(Cc2nc3ccccc3s2)CCN2CCCC2C1. The lowest BCUT2D eigenvalue weighted by atomic mass is 9.84. The molecule has 0 radical (unpaired) electrons. The molecule has 2 saturated heterocycles. The largest absolute Gasteiger partial charge is 0.389 e. The number of aliphatic hydroxyl groups is 1. The van der Waals surface area contributed by atoms with E-state index < -0.39 is 5.60 Å². The van der Waals surface area contributed by atoms with Crippen LogP contribution in [0.25, 0.3) is 10.2 Å². The second-order valence-corrected chi connectivity index (χ2v) is 7.38. The quantitative estimate of drug-likeness (QED) is 0.923. The molecular weight excluding hydrogens is 268 g/mol. The van der Waals surface area contributed by atoms with Gasteiger partial charge >= 0.3 is 0 Å². The lowest BCUT2D eigenvalue weighted by Crippen LogP contribution is -2.48. The van der Waals surface area contributed by atoms with E-state index in [1.54, 1.807) is 11.3 Å². The van der Waals surface area contributed by atoms with E-state index >= 15 is 0 Å². The summed E-state index contributed by atoms with van der Waals surface area (Å²) in [5.41, 5.74) is 0.522. The van der Waals surface area contributed by atoms with Crippen molar-refractivity contribution in [1.82, 2.24) is 9.88 Å². The highest BCUT2D eigenvalue weighted by Crippen LogP contribution is 2.36. The Hall–Kier alpha value is -0.970. The van der Waals surface area contributed by atoms with Gasteiger partial charge in [-0.25, -0.2) is 4.98 Å². The van der Waals surface area contributed by atoms with E-state index in [9.17, 15) is 5.11 Å². The monoisotopic (exact) mass is 288 g/mol. The van der Waals surface area contributed by atoms with Crippen molar-refractivity contribution in [3.05, 3.63) is 29.3 Å². The molecule has 1 aromatic carbocycles. The number of piperidine rings is 1. The Balaban J connectivity index is 1.55. The van der Waals surface area contributed by atoms with Crippen LogP contribution in [0.1, 0.15) is 30.7 Å². The maximum atomic E-state index is 10.9. The van der Waals surface area contributed by atoms with Gasteiger partial charge in [-0.1, -0.05) is 12.1 Å². The first kappa shape index (κ1) is 12.7. The highest BCUT2D eigenvalue weighted by Gasteiger charge is 2.40. The average molecular weight is 288 g/mol. The van der Waals surface area contributed by atoms with Crippen LogP contribution in [-0.4, -0.2) is 39.7 Å². The third-order valence-corrected chi connectivity index (χ3v) is 5.83. The van der Waals surface area contributed by atoms with Gasteiger partial charge in [0.25, 0.3) is 0 Å². The van der Waals surface area contributed by atoms with Crippen molar-refractivity contribution in [2.75, 3.05) is 13.1 Å². The molecule has 0 aliphatic carbocycles. The summed E-state index contributed by atoms with van der Waals surface area (Å²) >= 11 is 1.73. The second-order valence-electron chi connectivity index (χ2n) is 6.26. The molecule has 3 heterocycles. The molecule has 4 heteroatoms. The first-order valence-electron chi connectivity index (χ1n) is 7.53. The Morgan fingerprint density at radius 2 is 2.25 bits per heavy atom. The summed E-state index contributed by atoms with van der Waals surface area (Å²) in [5.74, 6) is 0. The summed E-state index contributed by atoms with van der Waals surface area (Å²) in [6.07, 6.45) is 5.07. The first-order chi connectivity index (χ1) is 9.72. The van der Waals surface area contributed by atoms with E-state index in [0.717, 1.165) is 36.3 Å². The van der Waals surface area contributed by atoms with Crippen LogP contribution in [0.5, 0.6) is 0 Å². The minimum Gasteiger partial charge on any atom is -0.389 e. The van der Waals surface area contributed by atoms with Gasteiger partial charge in [0.05, 0.1) is 20.8 Å². The number of nitrogens with zero attached hydrogens (tertiary/aromatic N) is 2. The van der Waals surface area contributed by atoms with Crippen molar-refractivity contribution in [3.8, 4) is 0 Å². The molecule has 2 atom stereocenters. The maximum Gasteiger partial charge on any atom is 0.0967 e. The third-order valence-electron chi connectivity index (χ3n) is 4.80. The van der Waals surface area contributed by atoms with Crippen molar-refractivity contribution in [1.29, 1.82) is 0 Å². The van der Waals surface area contributed by atoms with Crippen LogP contribution in [0.15, 0.2) is 24.3 Å². The van der Waals surface area contributed by atoms with E-state index in [0.29, 0.717) is 6.04 Å². The molecule has 2 aromatic rings. The van der Waals surface area contributed by atoms with Gasteiger partial charge < -0.3 is 10.0 Å². The Morgan fingerprint density at radius 3 is 3.15 bits per heavy atom. The molecule has 2 aliphatic rings. The van der Waals surface area contributed by atoms with Crippen LogP contribution in [0.2, 0.25) is 0 Å². The minimum absolute atomic E-state index is 0.542. The van der Waals surface area contributed by atoms with Gasteiger partial charge in [-0.2, -0.15) is 0 Å². The van der Waals surface area contributed by atoms with E-state index in [-0.39, 0.29) is 0 Å². The van der Waals surface area contributed by atoms with Gasteiger partial charge in [0.2, 0.25) is 0 Å². The lowest BCUT2D eigenvalue weighted by molar-refractivity contribution is -0.0353. The number of aromatic nitrogens is 1. The van der Waals surface area contributed by atoms with Crippen LogP contribution in [0.3, 0.4) is 0 Å². The highest BCUT2D eigenvalue weighted by atomic mass is 32.1. The van der Waals surface area contributed by atoms with Crippen LogP contribution < -0.4 is 0 Å². The summed E-state index contributed by atoms with van der Waals surface area (Å²) in [4.78, 5) is 7.23. The lowest BCUT2D eigenvalue weighted by Gasteiger charge is -2.40. The van der Waals surface area contributed by atoms with Gasteiger partial charge in [-0.05, 0) is 44.4 Å². The van der Waals surface area contributed by atoms with Crippen molar-refractivity contribution < 1.29 is 5.11 Å². The summed E-state index contributed by atoms with van der Waals surface area (Å²) in [7, 11) is 0. The Morgan fingerprint density at radius 1 is 1.35 bits per heavy atom. The minimum atomic E-state index is -0.542. The zero-order chi connectivity index (χ0) is 13.6. The van der Waals surface area contributed by atoms with Gasteiger partial charge in [0.1, 0.15) is 0 Å². The van der Waals surface area contributed by atoms with Crippen LogP contribution in [0, 0.1) is 0 Å². The normalized spacial score (nSPS) is 30.8. The van der Waals surface area contributed by atoms with Crippen LogP contribution >= 0.6 is 11.3 Å². The molecular formula is C16H20N2OS. The summed E-state index contributed by atoms with van der Waals surface area (Å²) in [6.45, 7) is 2.27. The van der Waals surface area contributed by atoms with Crippen molar-refractivity contribution in [3.63, 3.8) is 0 Å². The smallest absolute Gasteiger partial charge is 0.0967 e. The summed E-state index contributed by atoms with van der Waals surface area (Å²) in [5, 5.41) is 12.0. The van der Waals surface area contributed by atoms with Crippen molar-refractivity contribution in [2.24, 2.45) is 0 Å². The molecule has 20 heavy (non-hydrogen) atoms. The summed E-state index contributed by atoms with van der Waals surface area (Å²) in [6, 6.07) is 8.84. The molecule has 1 N–H and O–H groups in total. The third kappa shape index (κ3) is 2.26. The van der Waals surface area contributed by atoms with E-state index in [1.807, 2.05) is 6.07 Å². The highest BCUT2D eigenvalue weighted by molar-refractivity contribution is 7.18. The van der Waals surface area contributed by atoms with Gasteiger partial charge in [0, 0.05) is 19.0 Å². The van der Waals surface area contributed by atoms with E-state index in [2.05, 4.69) is 28.1 Å². The fraction of sp³-hybridized carbons (Fsp3) is 0.562. The Kier molecular flexibility index (Phi) is 3.05. The predicted octanol–water partition coefficient (Wildman–Crippen LogP) is 2.83. The molecule has 2 aliphatic heterocycles. The zero-order valence-electron chi connectivity index (χ0n) is 11.6. The van der Waals surface area contributed by atoms with Gasteiger partial charge in [0.15, 0.2) is 0 Å². The first-order valence-corrected chi connectivity index (χ1v) is 8.34. The number of thiazole rings is 1. The van der Waals surface area contributed by atoms with Crippen LogP contribution in [-0.2, 0) is 6.42 Å². The molecule has 4 rings (SSSR count). The molecule has 0 bridgehead atoms. The second kappa shape index (κ2) is 4.79. The molecule has 0 amide bonds. The summed E-state index contributed by atoms with van der Waals surface area (Å²) < 4.78 is 1.23. The van der Waals surface area contributed by atoms with Crippen molar-refractivity contribution in [2.45, 2.75) is 43.7 Å². The molecule has 0 spiro atoms. The number of fused-ring (bicyclic) bond motifs is 2. The topological polar surface area (TPSA) is 36.4 Å². The van der Waals surface area contributed by atoms with Crippen LogP contribution in [0.4, 0.5) is 0 Å². The molecule has 3 nitrogen and oxygen atoms in total. The average Bonchev–Trinajstić information content (AvgIpc) is 3.02. The molecule has 1 aromatic heterocycles. The zero-order valence-corrected chi connectivity index (χ0v) is 12.4. The number of hydrogen-bond donors (Lipinski definition) is 1. The standard InChI is InChI=1S/C16H20N2OS/c19-16(7-9-18-8-3-4-12(18)10-16)11-15-17-13-5-1-2-6-14(13)20-15/h1-2,5-6,12,19H,3-4,7-11H2. The fourth-order valence-electron chi connectivity index (χ4n) is 3.75. The number of hydrogen-bond acceptors (Lipinski definition) is 4. The number of rotatable bonds is 2. The van der Waals surface area contributed by atoms with Gasteiger partial charge in [-0.3, -0.25) is 0 Å². The molecule has 0 saturated carbocycles. The van der Waals surface area contributed by atoms with Crippen molar-refractivity contribution >= 4 is 21.6 Å². The Bertz CT molecular complexity index is 593. The molecule has 106 valence electrons. The fourth-order valence-corrected chi connectivity index (χ4v) is 4.85. The maximum absolute atomic E-state index is 10.9. The van der Waals surface area contributed by atoms with E-state index in [4.69, 9.17) is 0 Å². The van der Waals surface area contributed by atoms with E-state index in [1.165, 1.54) is 24.1 Å².